The summed E-state index contributed by atoms with van der Waals surface area (Å²) in [5.74, 6) is -0.277. The van der Waals surface area contributed by atoms with Crippen LogP contribution in [-0.4, -0.2) is 18.6 Å². The zero-order chi connectivity index (χ0) is 12.1. The molecule has 1 heterocycles. The Morgan fingerprint density at radius 1 is 1.29 bits per heavy atom. The van der Waals surface area contributed by atoms with E-state index < -0.39 is 0 Å². The van der Waals surface area contributed by atoms with Crippen molar-refractivity contribution in [1.29, 1.82) is 0 Å². The Labute approximate surface area is 101 Å². The molecule has 17 heavy (non-hydrogen) atoms. The Hall–Kier alpha value is -1.77. The number of carbonyl (C=O) groups excluding carboxylic acids is 1. The Bertz CT molecular complexity index is 400. The molecule has 1 fully saturated rings. The molecule has 1 aliphatic rings. The summed E-state index contributed by atoms with van der Waals surface area (Å²) in [6.45, 7) is 4.83. The van der Waals surface area contributed by atoms with Crippen LogP contribution in [0.4, 0.5) is 0 Å². The zero-order valence-electron chi connectivity index (χ0n) is 9.82. The van der Waals surface area contributed by atoms with Gasteiger partial charge in [0, 0.05) is 12.2 Å². The quantitative estimate of drug-likeness (QED) is 0.795. The van der Waals surface area contributed by atoms with Gasteiger partial charge in [-0.05, 0) is 31.4 Å². The van der Waals surface area contributed by atoms with Crippen molar-refractivity contribution in [3.05, 3.63) is 48.2 Å². The summed E-state index contributed by atoms with van der Waals surface area (Å²) in [5.41, 5.74) is 1.40. The van der Waals surface area contributed by atoms with Gasteiger partial charge in [-0.2, -0.15) is 0 Å². The van der Waals surface area contributed by atoms with Gasteiger partial charge in [0.2, 0.25) is 0 Å². The maximum Gasteiger partial charge on any atom is 0.338 e. The first kappa shape index (κ1) is 11.7. The second kappa shape index (κ2) is 5.53. The van der Waals surface area contributed by atoms with E-state index in [1.54, 1.807) is 12.1 Å². The Morgan fingerprint density at radius 2 is 2.06 bits per heavy atom. The highest BCUT2D eigenvalue weighted by atomic mass is 16.5. The van der Waals surface area contributed by atoms with E-state index in [4.69, 9.17) is 4.74 Å². The molecule has 1 N–H and O–H groups in total. The largest absolute Gasteiger partial charge is 0.452 e. The number of nitrogens with one attached hydrogen (secondary N) is 1. The van der Waals surface area contributed by atoms with Crippen LogP contribution in [0.15, 0.2) is 42.6 Å². The zero-order valence-corrected chi connectivity index (χ0v) is 9.82. The van der Waals surface area contributed by atoms with Gasteiger partial charge >= 0.3 is 5.97 Å². The summed E-state index contributed by atoms with van der Waals surface area (Å²) in [6, 6.07) is 9.06. The normalized spacial score (nSPS) is 20.2. The van der Waals surface area contributed by atoms with Gasteiger partial charge in [-0.25, -0.2) is 4.79 Å². The predicted octanol–water partition coefficient (Wildman–Crippen LogP) is 2.50. The van der Waals surface area contributed by atoms with Crippen LogP contribution in [-0.2, 0) is 4.74 Å². The average molecular weight is 231 g/mol. The third-order valence-electron chi connectivity index (χ3n) is 2.89. The van der Waals surface area contributed by atoms with Gasteiger partial charge in [0.05, 0.1) is 5.56 Å². The maximum absolute atomic E-state index is 11.9. The van der Waals surface area contributed by atoms with E-state index in [-0.39, 0.29) is 12.1 Å². The van der Waals surface area contributed by atoms with Crippen molar-refractivity contribution in [2.24, 2.45) is 0 Å². The van der Waals surface area contributed by atoms with Crippen LogP contribution in [0, 0.1) is 0 Å². The summed E-state index contributed by atoms with van der Waals surface area (Å²) in [5, 5.41) is 3.18. The molecule has 0 spiro atoms. The van der Waals surface area contributed by atoms with Gasteiger partial charge in [0.15, 0.2) is 0 Å². The Kier molecular flexibility index (Phi) is 3.81. The number of benzene rings is 1. The van der Waals surface area contributed by atoms with E-state index >= 15 is 0 Å². The van der Waals surface area contributed by atoms with Crippen LogP contribution in [0.1, 0.15) is 29.6 Å². The standard InChI is InChI=1S/C14H17NO2/c1-11-13(9-5-6-10-15-11)17-14(16)12-7-3-2-4-8-12/h2-4,7-8,13,15H,1,5-6,9-10H2. The molecule has 0 saturated carbocycles. The fraction of sp³-hybridized carbons (Fsp3) is 0.357. The molecule has 1 aromatic carbocycles. The highest BCUT2D eigenvalue weighted by molar-refractivity contribution is 5.89. The molecule has 0 aromatic heterocycles. The molecule has 3 heteroatoms. The van der Waals surface area contributed by atoms with Crippen molar-refractivity contribution in [2.45, 2.75) is 25.4 Å². The summed E-state index contributed by atoms with van der Waals surface area (Å²) in [4.78, 5) is 11.9. The molecule has 2 rings (SSSR count). The topological polar surface area (TPSA) is 38.3 Å². The minimum absolute atomic E-state index is 0.204. The maximum atomic E-state index is 11.9. The predicted molar refractivity (Wildman–Crippen MR) is 66.6 cm³/mol. The highest BCUT2D eigenvalue weighted by Crippen LogP contribution is 2.16. The van der Waals surface area contributed by atoms with Crippen LogP contribution in [0.2, 0.25) is 0 Å². The van der Waals surface area contributed by atoms with Gasteiger partial charge in [-0.15, -0.1) is 0 Å². The van der Waals surface area contributed by atoms with Gasteiger partial charge in [0.1, 0.15) is 6.10 Å². The molecule has 90 valence electrons. The summed E-state index contributed by atoms with van der Waals surface area (Å²) < 4.78 is 5.47. The van der Waals surface area contributed by atoms with Crippen LogP contribution in [0.3, 0.4) is 0 Å². The number of carbonyl (C=O) groups is 1. The molecule has 1 aliphatic heterocycles. The second-order valence-electron chi connectivity index (χ2n) is 4.21. The molecule has 1 aromatic rings. The monoisotopic (exact) mass is 231 g/mol. The molecular weight excluding hydrogens is 214 g/mol. The lowest BCUT2D eigenvalue weighted by Gasteiger charge is -2.18. The molecule has 0 amide bonds. The van der Waals surface area contributed by atoms with Gasteiger partial charge in [-0.1, -0.05) is 24.8 Å². The van der Waals surface area contributed by atoms with Crippen molar-refractivity contribution in [3.63, 3.8) is 0 Å². The molecule has 0 radical (unpaired) electrons. The van der Waals surface area contributed by atoms with Gasteiger partial charge in [0.25, 0.3) is 0 Å². The molecule has 0 bridgehead atoms. The van der Waals surface area contributed by atoms with Crippen molar-refractivity contribution in [1.82, 2.24) is 5.32 Å². The smallest absolute Gasteiger partial charge is 0.338 e. The highest BCUT2D eigenvalue weighted by Gasteiger charge is 2.20. The van der Waals surface area contributed by atoms with Crippen molar-refractivity contribution >= 4 is 5.97 Å². The van der Waals surface area contributed by atoms with E-state index in [0.717, 1.165) is 31.5 Å². The first-order valence-electron chi connectivity index (χ1n) is 5.96. The Balaban J connectivity index is 2.00. The van der Waals surface area contributed by atoms with Crippen LogP contribution in [0.25, 0.3) is 0 Å². The molecule has 1 atom stereocenters. The number of hydrogen-bond acceptors (Lipinski definition) is 3. The second-order valence-corrected chi connectivity index (χ2v) is 4.21. The fourth-order valence-electron chi connectivity index (χ4n) is 1.89. The summed E-state index contributed by atoms with van der Waals surface area (Å²) >= 11 is 0. The number of ether oxygens (including phenoxy) is 1. The fourth-order valence-corrected chi connectivity index (χ4v) is 1.89. The molecular formula is C14H17NO2. The van der Waals surface area contributed by atoms with Crippen LogP contribution >= 0.6 is 0 Å². The van der Waals surface area contributed by atoms with Gasteiger partial charge < -0.3 is 10.1 Å². The van der Waals surface area contributed by atoms with E-state index in [0.29, 0.717) is 5.56 Å². The lowest BCUT2D eigenvalue weighted by atomic mass is 10.1. The first-order chi connectivity index (χ1) is 8.27. The first-order valence-corrected chi connectivity index (χ1v) is 5.96. The van der Waals surface area contributed by atoms with Crippen LogP contribution in [0.5, 0.6) is 0 Å². The molecule has 0 aliphatic carbocycles. The lowest BCUT2D eigenvalue weighted by molar-refractivity contribution is 0.0353. The molecule has 1 saturated heterocycles. The van der Waals surface area contributed by atoms with Crippen LogP contribution < -0.4 is 5.32 Å². The third kappa shape index (κ3) is 3.09. The van der Waals surface area contributed by atoms with E-state index in [1.807, 2.05) is 18.2 Å². The third-order valence-corrected chi connectivity index (χ3v) is 2.89. The number of hydrogen-bond donors (Lipinski definition) is 1. The average Bonchev–Trinajstić information content (AvgIpc) is 2.56. The van der Waals surface area contributed by atoms with Crippen molar-refractivity contribution in [2.75, 3.05) is 6.54 Å². The Morgan fingerprint density at radius 3 is 2.82 bits per heavy atom. The number of rotatable bonds is 2. The lowest BCUT2D eigenvalue weighted by Crippen LogP contribution is -2.26. The van der Waals surface area contributed by atoms with E-state index in [1.165, 1.54) is 0 Å². The van der Waals surface area contributed by atoms with Crippen molar-refractivity contribution in [3.8, 4) is 0 Å². The summed E-state index contributed by atoms with van der Waals surface area (Å²) in [6.07, 6.45) is 2.80. The minimum atomic E-state index is -0.277. The van der Waals surface area contributed by atoms with E-state index in [2.05, 4.69) is 11.9 Å². The van der Waals surface area contributed by atoms with Gasteiger partial charge in [-0.3, -0.25) is 0 Å². The summed E-state index contributed by atoms with van der Waals surface area (Å²) in [7, 11) is 0. The SMILES string of the molecule is C=C1NCCCCC1OC(=O)c1ccccc1. The molecule has 3 nitrogen and oxygen atoms in total. The van der Waals surface area contributed by atoms with E-state index in [9.17, 15) is 4.79 Å². The minimum Gasteiger partial charge on any atom is -0.452 e. The van der Waals surface area contributed by atoms with Crippen molar-refractivity contribution < 1.29 is 9.53 Å². The molecule has 1 unspecified atom stereocenters. The number of esters is 1.